The first kappa shape index (κ1) is 22.4. The van der Waals surface area contributed by atoms with Crippen molar-refractivity contribution in [3.63, 3.8) is 0 Å². The number of amides is 2. The van der Waals surface area contributed by atoms with Gasteiger partial charge in [-0.2, -0.15) is 0 Å². The van der Waals surface area contributed by atoms with Gasteiger partial charge in [0.25, 0.3) is 11.8 Å². The number of ether oxygens (including phenoxy) is 1. The Morgan fingerprint density at radius 3 is 2.66 bits per heavy atom. The fourth-order valence-corrected chi connectivity index (χ4v) is 4.69. The first-order chi connectivity index (χ1) is 15.2. The molecule has 0 aliphatic heterocycles. The van der Waals surface area contributed by atoms with Crippen molar-refractivity contribution in [3.8, 4) is 5.75 Å². The van der Waals surface area contributed by atoms with Crippen LogP contribution < -0.4 is 15.4 Å². The number of halogens is 2. The Morgan fingerprint density at radius 1 is 1.25 bits per heavy atom. The highest BCUT2D eigenvalue weighted by molar-refractivity contribution is 6.30. The van der Waals surface area contributed by atoms with Gasteiger partial charge in [0.1, 0.15) is 17.3 Å². The summed E-state index contributed by atoms with van der Waals surface area (Å²) in [4.78, 5) is 33.3. The number of rotatable bonds is 6. The number of nitrogens with one attached hydrogen (secondary N) is 2. The molecule has 1 atom stereocenters. The summed E-state index contributed by atoms with van der Waals surface area (Å²) in [5, 5.41) is 16.8. The molecule has 0 spiro atoms. The van der Waals surface area contributed by atoms with Crippen LogP contribution >= 0.6 is 11.6 Å². The molecule has 0 radical (unpaired) electrons. The zero-order valence-electron chi connectivity index (χ0n) is 17.5. The molecule has 1 heterocycles. The molecule has 3 aliphatic carbocycles. The Morgan fingerprint density at radius 2 is 2.00 bits per heavy atom. The number of aliphatic hydroxyl groups is 1. The van der Waals surface area contributed by atoms with Crippen LogP contribution in [-0.4, -0.2) is 50.7 Å². The average Bonchev–Trinajstić information content (AvgIpc) is 2.76. The van der Waals surface area contributed by atoms with Crippen molar-refractivity contribution >= 4 is 23.4 Å². The van der Waals surface area contributed by atoms with Crippen LogP contribution in [0.3, 0.4) is 0 Å². The van der Waals surface area contributed by atoms with Gasteiger partial charge in [-0.25, -0.2) is 9.37 Å². The average molecular weight is 463 g/mol. The lowest BCUT2D eigenvalue weighted by Gasteiger charge is -2.56. The van der Waals surface area contributed by atoms with Crippen LogP contribution in [0.1, 0.15) is 48.3 Å². The number of nitrogens with zero attached hydrogens (tertiary/aromatic N) is 2. The third kappa shape index (κ3) is 4.54. The fraction of sp³-hybridized carbons (Fsp3) is 0.455. The van der Waals surface area contributed by atoms with E-state index < -0.39 is 23.0 Å². The number of aliphatic hydroxyl groups excluding tert-OH is 1. The van der Waals surface area contributed by atoms with E-state index in [-0.39, 0.29) is 34.9 Å². The minimum atomic E-state index is -0.821. The topological polar surface area (TPSA) is 113 Å². The Labute approximate surface area is 189 Å². The molecule has 10 heteroatoms. The highest BCUT2D eigenvalue weighted by atomic mass is 35.5. The summed E-state index contributed by atoms with van der Waals surface area (Å²) in [6.45, 7) is 1.47. The van der Waals surface area contributed by atoms with Gasteiger partial charge in [-0.15, -0.1) is 0 Å². The molecule has 32 heavy (non-hydrogen) atoms. The maximum Gasteiger partial charge on any atom is 0.272 e. The number of aromatic nitrogens is 2. The second-order valence-corrected chi connectivity index (χ2v) is 8.98. The largest absolute Gasteiger partial charge is 0.484 e. The summed E-state index contributed by atoms with van der Waals surface area (Å²) < 4.78 is 18.9. The Kier molecular flexibility index (Phi) is 6.05. The third-order valence-electron chi connectivity index (χ3n) is 6.34. The van der Waals surface area contributed by atoms with Crippen molar-refractivity contribution in [2.75, 3.05) is 6.61 Å². The molecule has 0 saturated heterocycles. The van der Waals surface area contributed by atoms with Crippen molar-refractivity contribution in [1.82, 2.24) is 20.6 Å². The number of hydrogen-bond acceptors (Lipinski definition) is 6. The van der Waals surface area contributed by atoms with Crippen LogP contribution in [0, 0.1) is 12.7 Å². The van der Waals surface area contributed by atoms with Crippen LogP contribution in [0.2, 0.25) is 5.02 Å². The zero-order valence-corrected chi connectivity index (χ0v) is 18.3. The van der Waals surface area contributed by atoms with Gasteiger partial charge in [0.05, 0.1) is 28.6 Å². The molecule has 3 saturated carbocycles. The van der Waals surface area contributed by atoms with E-state index in [1.807, 2.05) is 0 Å². The van der Waals surface area contributed by atoms with Crippen molar-refractivity contribution in [3.05, 3.63) is 52.8 Å². The first-order valence-corrected chi connectivity index (χ1v) is 10.8. The number of fused-ring (bicyclic) bond motifs is 3. The maximum atomic E-state index is 13.5. The molecule has 2 bridgehead atoms. The normalized spacial score (nSPS) is 26.4. The van der Waals surface area contributed by atoms with Crippen LogP contribution in [0.15, 0.2) is 30.6 Å². The molecule has 2 amide bonds. The second kappa shape index (κ2) is 8.63. The molecule has 0 unspecified atom stereocenters. The van der Waals surface area contributed by atoms with Crippen molar-refractivity contribution < 1.29 is 23.8 Å². The molecule has 170 valence electrons. The van der Waals surface area contributed by atoms with E-state index in [9.17, 15) is 19.1 Å². The van der Waals surface area contributed by atoms with Crippen LogP contribution in [0.25, 0.3) is 0 Å². The number of aryl methyl sites for hydroxylation is 1. The second-order valence-electron chi connectivity index (χ2n) is 8.57. The highest BCUT2D eigenvalue weighted by Crippen LogP contribution is 2.47. The number of carbonyl (C=O) groups excluding carboxylic acids is 2. The maximum absolute atomic E-state index is 13.5. The molecule has 1 aromatic heterocycles. The van der Waals surface area contributed by atoms with Gasteiger partial charge in [0.2, 0.25) is 0 Å². The standard InChI is InChI=1S/C22H24ClFN4O4/c1-13-10-25-11-17(26-13)20(31)28-22-6-4-21(5-7-22,9-18(22)29)27-19(30)12-32-14-2-3-15(23)16(24)8-14/h2-3,8,10-11,18,29H,4-7,9,12H2,1H3,(H,27,30)(H,28,31)/t18-,21?,22?/m0/s1. The minimum Gasteiger partial charge on any atom is -0.484 e. The molecule has 2 aromatic rings. The molecule has 8 nitrogen and oxygen atoms in total. The van der Waals surface area contributed by atoms with Crippen LogP contribution in [-0.2, 0) is 4.79 Å². The van der Waals surface area contributed by atoms with E-state index in [0.29, 0.717) is 37.8 Å². The van der Waals surface area contributed by atoms with Crippen LogP contribution in [0.4, 0.5) is 4.39 Å². The monoisotopic (exact) mass is 462 g/mol. The van der Waals surface area contributed by atoms with E-state index in [2.05, 4.69) is 20.6 Å². The third-order valence-corrected chi connectivity index (χ3v) is 6.64. The van der Waals surface area contributed by atoms with Gasteiger partial charge < -0.3 is 20.5 Å². The highest BCUT2D eigenvalue weighted by Gasteiger charge is 2.55. The van der Waals surface area contributed by atoms with Crippen molar-refractivity contribution in [1.29, 1.82) is 0 Å². The predicted octanol–water partition coefficient (Wildman–Crippen LogP) is 2.32. The number of benzene rings is 1. The quantitative estimate of drug-likeness (QED) is 0.607. The lowest BCUT2D eigenvalue weighted by Crippen LogP contribution is -2.70. The van der Waals surface area contributed by atoms with Gasteiger partial charge in [-0.3, -0.25) is 14.6 Å². The van der Waals surface area contributed by atoms with Crippen molar-refractivity contribution in [2.45, 2.75) is 56.2 Å². The lowest BCUT2D eigenvalue weighted by molar-refractivity contribution is -0.129. The fourth-order valence-electron chi connectivity index (χ4n) is 4.57. The first-order valence-electron chi connectivity index (χ1n) is 10.4. The summed E-state index contributed by atoms with van der Waals surface area (Å²) in [5.41, 5.74) is -0.487. The minimum absolute atomic E-state index is 0.0240. The van der Waals surface area contributed by atoms with E-state index >= 15 is 0 Å². The molecule has 3 N–H and O–H groups in total. The Bertz CT molecular complexity index is 1040. The Hall–Kier alpha value is -2.78. The Balaban J connectivity index is 1.35. The summed E-state index contributed by atoms with van der Waals surface area (Å²) in [7, 11) is 0. The molecule has 3 aliphatic rings. The summed E-state index contributed by atoms with van der Waals surface area (Å²) >= 11 is 5.65. The summed E-state index contributed by atoms with van der Waals surface area (Å²) in [6.07, 6.45) is 4.69. The van der Waals surface area contributed by atoms with E-state index in [1.165, 1.54) is 18.3 Å². The van der Waals surface area contributed by atoms with Crippen LogP contribution in [0.5, 0.6) is 5.75 Å². The number of carbonyl (C=O) groups is 2. The molecule has 3 fully saturated rings. The molecular weight excluding hydrogens is 439 g/mol. The van der Waals surface area contributed by atoms with Gasteiger partial charge in [-0.1, -0.05) is 11.6 Å². The smallest absolute Gasteiger partial charge is 0.272 e. The number of hydrogen-bond donors (Lipinski definition) is 3. The SMILES string of the molecule is Cc1cncc(C(=O)NC23CCC(NC(=O)COc4ccc(Cl)c(F)c4)(CC2)C[C@@H]3O)n1. The lowest BCUT2D eigenvalue weighted by atomic mass is 9.60. The van der Waals surface area contributed by atoms with Gasteiger partial charge in [0, 0.05) is 17.8 Å². The van der Waals surface area contributed by atoms with Gasteiger partial charge >= 0.3 is 0 Å². The summed E-state index contributed by atoms with van der Waals surface area (Å²) in [5.74, 6) is -1.16. The summed E-state index contributed by atoms with van der Waals surface area (Å²) in [6, 6.07) is 3.96. The van der Waals surface area contributed by atoms with E-state index in [4.69, 9.17) is 16.3 Å². The van der Waals surface area contributed by atoms with Crippen molar-refractivity contribution in [2.24, 2.45) is 0 Å². The molecule has 1 aromatic carbocycles. The molecule has 5 rings (SSSR count). The van der Waals surface area contributed by atoms with E-state index in [1.54, 1.807) is 13.1 Å². The predicted molar refractivity (Wildman–Crippen MR) is 114 cm³/mol. The van der Waals surface area contributed by atoms with E-state index in [0.717, 1.165) is 6.07 Å². The van der Waals surface area contributed by atoms with Gasteiger partial charge in [0.15, 0.2) is 6.61 Å². The van der Waals surface area contributed by atoms with Gasteiger partial charge in [-0.05, 0) is 51.2 Å². The zero-order chi connectivity index (χ0) is 22.9. The molecular formula is C22H24ClFN4O4.